The molecule has 4 nitrogen and oxygen atoms in total. The lowest BCUT2D eigenvalue weighted by molar-refractivity contribution is -0.173. The summed E-state index contributed by atoms with van der Waals surface area (Å²) in [5.74, 6) is 0.0165. The molecule has 7 heteroatoms. The Labute approximate surface area is 110 Å². The van der Waals surface area contributed by atoms with Crippen LogP contribution in [0.5, 0.6) is 0 Å². The summed E-state index contributed by atoms with van der Waals surface area (Å²) < 4.78 is 39.7. The first-order valence-corrected chi connectivity index (χ1v) is 6.55. The molecule has 0 aromatic carbocycles. The third-order valence-corrected chi connectivity index (χ3v) is 3.25. The first kappa shape index (κ1) is 16.2. The smallest absolute Gasteiger partial charge is 0.370 e. The summed E-state index contributed by atoms with van der Waals surface area (Å²) in [7, 11) is 0. The van der Waals surface area contributed by atoms with E-state index in [2.05, 4.69) is 10.1 Å². The van der Waals surface area contributed by atoms with Gasteiger partial charge in [0.25, 0.3) is 0 Å². The summed E-state index contributed by atoms with van der Waals surface area (Å²) in [6.45, 7) is -1.32. The van der Waals surface area contributed by atoms with Gasteiger partial charge in [0.2, 0.25) is 5.91 Å². The molecule has 1 aliphatic carbocycles. The third kappa shape index (κ3) is 7.37. The highest BCUT2D eigenvalue weighted by molar-refractivity contribution is 5.76. The number of carbonyl (C=O) groups is 1. The van der Waals surface area contributed by atoms with Gasteiger partial charge in [-0.1, -0.05) is 12.8 Å². The van der Waals surface area contributed by atoms with Crippen LogP contribution in [0.4, 0.5) is 13.2 Å². The van der Waals surface area contributed by atoms with Gasteiger partial charge in [0.05, 0.1) is 6.61 Å². The molecule has 3 N–H and O–H groups in total. The van der Waals surface area contributed by atoms with E-state index < -0.39 is 12.8 Å². The number of hydrogen-bond acceptors (Lipinski definition) is 3. The number of alkyl halides is 3. The molecule has 1 aliphatic rings. The molecule has 0 aromatic rings. The molecule has 0 radical (unpaired) electrons. The lowest BCUT2D eigenvalue weighted by atomic mass is 9.83. The summed E-state index contributed by atoms with van der Waals surface area (Å²) in [5, 5.41) is 2.55. The molecule has 112 valence electrons. The van der Waals surface area contributed by atoms with Gasteiger partial charge in [-0.15, -0.1) is 0 Å². The molecule has 0 heterocycles. The Bertz CT molecular complexity index is 285. The Morgan fingerprint density at radius 1 is 1.32 bits per heavy atom. The number of rotatable bonds is 6. The van der Waals surface area contributed by atoms with E-state index in [9.17, 15) is 18.0 Å². The van der Waals surface area contributed by atoms with Crippen LogP contribution < -0.4 is 11.1 Å². The molecule has 0 aromatic heterocycles. The highest BCUT2D eigenvalue weighted by Gasteiger charge is 2.27. The van der Waals surface area contributed by atoms with Gasteiger partial charge in [0.1, 0.15) is 6.61 Å². The number of hydrogen-bond donors (Lipinski definition) is 2. The first-order chi connectivity index (χ1) is 8.88. The average molecular weight is 282 g/mol. The number of halogens is 3. The minimum absolute atomic E-state index is 0.0565. The van der Waals surface area contributed by atoms with E-state index >= 15 is 0 Å². The van der Waals surface area contributed by atoms with Crippen molar-refractivity contribution < 1.29 is 22.7 Å². The predicted octanol–water partition coefficient (Wildman–Crippen LogP) is 1.59. The zero-order valence-corrected chi connectivity index (χ0v) is 10.8. The molecule has 0 aliphatic heterocycles. The molecular formula is C12H21F3N2O2. The van der Waals surface area contributed by atoms with Crippen molar-refractivity contribution >= 4 is 5.91 Å². The summed E-state index contributed by atoms with van der Waals surface area (Å²) in [5.41, 5.74) is 5.92. The predicted molar refractivity (Wildman–Crippen MR) is 64.4 cm³/mol. The molecule has 0 bridgehead atoms. The molecule has 2 unspecified atom stereocenters. The number of nitrogens with two attached hydrogens (primary N) is 1. The summed E-state index contributed by atoms with van der Waals surface area (Å²) >= 11 is 0. The van der Waals surface area contributed by atoms with Crippen LogP contribution in [0.3, 0.4) is 0 Å². The van der Waals surface area contributed by atoms with E-state index in [1.165, 1.54) is 0 Å². The monoisotopic (exact) mass is 282 g/mol. The summed E-state index contributed by atoms with van der Waals surface area (Å²) in [6, 6.07) is 0.0565. The van der Waals surface area contributed by atoms with Crippen molar-refractivity contribution in [1.82, 2.24) is 5.32 Å². The molecule has 1 rings (SSSR count). The van der Waals surface area contributed by atoms with Crippen molar-refractivity contribution in [1.29, 1.82) is 0 Å². The summed E-state index contributed by atoms with van der Waals surface area (Å²) in [6.07, 6.45) is 0.0933. The van der Waals surface area contributed by atoms with E-state index in [4.69, 9.17) is 5.73 Å². The van der Waals surface area contributed by atoms with Crippen LogP contribution in [-0.4, -0.2) is 37.9 Å². The van der Waals surface area contributed by atoms with E-state index in [-0.39, 0.29) is 31.0 Å². The van der Waals surface area contributed by atoms with Crippen molar-refractivity contribution in [2.45, 2.75) is 44.3 Å². The topological polar surface area (TPSA) is 64.4 Å². The fourth-order valence-corrected chi connectivity index (χ4v) is 2.25. The van der Waals surface area contributed by atoms with Gasteiger partial charge in [-0.25, -0.2) is 0 Å². The first-order valence-electron chi connectivity index (χ1n) is 6.55. The second kappa shape index (κ2) is 7.69. The Morgan fingerprint density at radius 2 is 2.00 bits per heavy atom. The normalized spacial score (nSPS) is 24.2. The second-order valence-electron chi connectivity index (χ2n) is 4.93. The van der Waals surface area contributed by atoms with Gasteiger partial charge >= 0.3 is 6.18 Å². The van der Waals surface area contributed by atoms with Gasteiger partial charge < -0.3 is 15.8 Å². The number of ether oxygens (including phenoxy) is 1. The molecule has 1 saturated carbocycles. The van der Waals surface area contributed by atoms with Crippen LogP contribution in [-0.2, 0) is 9.53 Å². The Hall–Kier alpha value is -0.820. The van der Waals surface area contributed by atoms with Gasteiger partial charge in [0.15, 0.2) is 0 Å². The van der Waals surface area contributed by atoms with Crippen LogP contribution in [0.2, 0.25) is 0 Å². The van der Waals surface area contributed by atoms with Gasteiger partial charge in [0, 0.05) is 19.0 Å². The van der Waals surface area contributed by atoms with Crippen LogP contribution in [0, 0.1) is 5.92 Å². The number of carbonyl (C=O) groups excluding carboxylic acids is 1. The molecule has 1 amide bonds. The molecule has 2 atom stereocenters. The van der Waals surface area contributed by atoms with Crippen molar-refractivity contribution in [3.8, 4) is 0 Å². The molecule has 19 heavy (non-hydrogen) atoms. The highest BCUT2D eigenvalue weighted by Crippen LogP contribution is 2.25. The highest BCUT2D eigenvalue weighted by atomic mass is 19.4. The van der Waals surface area contributed by atoms with Crippen LogP contribution in [0.15, 0.2) is 0 Å². The molecular weight excluding hydrogens is 261 g/mol. The van der Waals surface area contributed by atoms with E-state index in [1.807, 2.05) is 0 Å². The fourth-order valence-electron chi connectivity index (χ4n) is 2.25. The Balaban J connectivity index is 2.07. The van der Waals surface area contributed by atoms with Gasteiger partial charge in [-0.3, -0.25) is 4.79 Å². The molecule has 0 saturated heterocycles. The largest absolute Gasteiger partial charge is 0.411 e. The van der Waals surface area contributed by atoms with Crippen molar-refractivity contribution in [3.63, 3.8) is 0 Å². The van der Waals surface area contributed by atoms with Gasteiger partial charge in [-0.2, -0.15) is 13.2 Å². The molecule has 1 fully saturated rings. The maximum atomic E-state index is 11.8. The lowest BCUT2D eigenvalue weighted by Gasteiger charge is -2.27. The Kier molecular flexibility index (Phi) is 6.57. The minimum atomic E-state index is -4.32. The van der Waals surface area contributed by atoms with Crippen molar-refractivity contribution in [2.24, 2.45) is 11.7 Å². The number of amides is 1. The maximum absolute atomic E-state index is 11.8. The number of nitrogens with one attached hydrogen (secondary N) is 1. The van der Waals surface area contributed by atoms with Crippen LogP contribution >= 0.6 is 0 Å². The molecule has 0 spiro atoms. The Morgan fingerprint density at radius 3 is 2.63 bits per heavy atom. The third-order valence-electron chi connectivity index (χ3n) is 3.25. The van der Waals surface area contributed by atoms with Crippen molar-refractivity contribution in [3.05, 3.63) is 0 Å². The zero-order valence-electron chi connectivity index (χ0n) is 10.8. The fraction of sp³-hybridized carbons (Fsp3) is 0.917. The summed E-state index contributed by atoms with van der Waals surface area (Å²) in [4.78, 5) is 11.6. The van der Waals surface area contributed by atoms with Gasteiger partial charge in [-0.05, 0) is 18.8 Å². The van der Waals surface area contributed by atoms with E-state index in [1.54, 1.807) is 0 Å². The lowest BCUT2D eigenvalue weighted by Crippen LogP contribution is -2.37. The second-order valence-corrected chi connectivity index (χ2v) is 4.93. The van der Waals surface area contributed by atoms with Crippen LogP contribution in [0.25, 0.3) is 0 Å². The van der Waals surface area contributed by atoms with E-state index in [0.29, 0.717) is 6.42 Å². The average Bonchev–Trinajstić information content (AvgIpc) is 2.30. The maximum Gasteiger partial charge on any atom is 0.411 e. The van der Waals surface area contributed by atoms with E-state index in [0.717, 1.165) is 25.7 Å². The van der Waals surface area contributed by atoms with Crippen LogP contribution in [0.1, 0.15) is 32.1 Å². The minimum Gasteiger partial charge on any atom is -0.370 e. The SMILES string of the molecule is NC1CCCCC1CC(=O)NCCOCC(F)(F)F. The van der Waals surface area contributed by atoms with Crippen molar-refractivity contribution in [2.75, 3.05) is 19.8 Å². The zero-order chi connectivity index (χ0) is 14.3. The quantitative estimate of drug-likeness (QED) is 0.727. The standard InChI is InChI=1S/C12H21F3N2O2/c13-12(14,15)8-19-6-5-17-11(18)7-9-3-1-2-4-10(9)16/h9-10H,1-8,16H2,(H,17,18).